The summed E-state index contributed by atoms with van der Waals surface area (Å²) in [6.07, 6.45) is 1.41. The van der Waals surface area contributed by atoms with Gasteiger partial charge in [0.25, 0.3) is 5.91 Å². The van der Waals surface area contributed by atoms with Crippen LogP contribution in [-0.2, 0) is 9.53 Å². The molecule has 0 aromatic carbocycles. The molecular formula is C11H15N5O3. The fraction of sp³-hybridized carbons (Fsp3) is 0.364. The lowest BCUT2D eigenvalue weighted by atomic mass is 10.1. The van der Waals surface area contributed by atoms with Gasteiger partial charge in [0.2, 0.25) is 5.91 Å². The van der Waals surface area contributed by atoms with Gasteiger partial charge in [0.1, 0.15) is 11.9 Å². The monoisotopic (exact) mass is 265 g/mol. The molecule has 6 N–H and O–H groups in total. The molecule has 8 nitrogen and oxygen atoms in total. The van der Waals surface area contributed by atoms with Crippen molar-refractivity contribution >= 4 is 23.3 Å². The molecule has 0 aliphatic carbocycles. The van der Waals surface area contributed by atoms with Gasteiger partial charge in [-0.05, 0) is 6.07 Å². The van der Waals surface area contributed by atoms with Crippen molar-refractivity contribution < 1.29 is 14.3 Å². The first kappa shape index (κ1) is 13.1. The summed E-state index contributed by atoms with van der Waals surface area (Å²) >= 11 is 0. The van der Waals surface area contributed by atoms with Crippen molar-refractivity contribution in [3.8, 4) is 0 Å². The standard InChI is InChI=1S/C11H15N5O3/c12-9-3-6(10(13)17)7(4-15-9)16-1-2-19-5-8(16)11(14)18/h3-4,8H,1-2,5H2,(H2,12,15)(H2,13,17)(H2,14,18). The van der Waals surface area contributed by atoms with E-state index in [9.17, 15) is 9.59 Å². The van der Waals surface area contributed by atoms with Gasteiger partial charge in [0, 0.05) is 6.54 Å². The number of amides is 2. The number of primary amides is 2. The third kappa shape index (κ3) is 2.58. The van der Waals surface area contributed by atoms with E-state index in [2.05, 4.69) is 4.98 Å². The lowest BCUT2D eigenvalue weighted by Gasteiger charge is -2.35. The third-order valence-corrected chi connectivity index (χ3v) is 2.94. The number of nitrogens with two attached hydrogens (primary N) is 3. The molecule has 0 bridgehead atoms. The van der Waals surface area contributed by atoms with Crippen molar-refractivity contribution in [3.63, 3.8) is 0 Å². The van der Waals surface area contributed by atoms with Gasteiger partial charge in [-0.3, -0.25) is 9.59 Å². The summed E-state index contributed by atoms with van der Waals surface area (Å²) in [5, 5.41) is 0. The minimum Gasteiger partial charge on any atom is -0.384 e. The Balaban J connectivity index is 2.44. The minimum atomic E-state index is -0.655. The van der Waals surface area contributed by atoms with Gasteiger partial charge in [-0.1, -0.05) is 0 Å². The maximum Gasteiger partial charge on any atom is 0.251 e. The van der Waals surface area contributed by atoms with Crippen LogP contribution in [0.25, 0.3) is 0 Å². The molecule has 1 aromatic rings. The van der Waals surface area contributed by atoms with Gasteiger partial charge >= 0.3 is 0 Å². The van der Waals surface area contributed by atoms with Crippen LogP contribution in [0.5, 0.6) is 0 Å². The summed E-state index contributed by atoms with van der Waals surface area (Å²) in [5.41, 5.74) is 16.8. The Labute approximate surface area is 109 Å². The second-order valence-corrected chi connectivity index (χ2v) is 4.18. The van der Waals surface area contributed by atoms with E-state index >= 15 is 0 Å². The van der Waals surface area contributed by atoms with Crippen LogP contribution in [0.1, 0.15) is 10.4 Å². The van der Waals surface area contributed by atoms with Crippen LogP contribution in [0.4, 0.5) is 11.5 Å². The number of hydrogen-bond donors (Lipinski definition) is 3. The predicted octanol–water partition coefficient (Wildman–Crippen LogP) is -1.55. The molecular weight excluding hydrogens is 250 g/mol. The Hall–Kier alpha value is -2.35. The van der Waals surface area contributed by atoms with Crippen LogP contribution in [0.2, 0.25) is 0 Å². The van der Waals surface area contributed by atoms with Crippen molar-refractivity contribution in [2.75, 3.05) is 30.4 Å². The number of carbonyl (C=O) groups is 2. The SMILES string of the molecule is NC(=O)c1cc(N)ncc1N1CCOCC1C(N)=O. The average Bonchev–Trinajstić information content (AvgIpc) is 2.38. The fourth-order valence-electron chi connectivity index (χ4n) is 2.02. The highest BCUT2D eigenvalue weighted by atomic mass is 16.5. The van der Waals surface area contributed by atoms with Gasteiger partial charge in [-0.2, -0.15) is 0 Å². The summed E-state index contributed by atoms with van der Waals surface area (Å²) in [6.45, 7) is 1.00. The van der Waals surface area contributed by atoms with Crippen LogP contribution < -0.4 is 22.1 Å². The Kier molecular flexibility index (Phi) is 3.52. The topological polar surface area (TPSA) is 138 Å². The second kappa shape index (κ2) is 5.11. The van der Waals surface area contributed by atoms with Crippen molar-refractivity contribution in [1.29, 1.82) is 0 Å². The number of pyridine rings is 1. The zero-order valence-electron chi connectivity index (χ0n) is 10.2. The number of rotatable bonds is 3. The maximum atomic E-state index is 11.5. The number of hydrogen-bond acceptors (Lipinski definition) is 6. The number of carbonyl (C=O) groups excluding carboxylic acids is 2. The van der Waals surface area contributed by atoms with E-state index in [-0.39, 0.29) is 18.0 Å². The quantitative estimate of drug-likeness (QED) is 0.605. The van der Waals surface area contributed by atoms with Crippen LogP contribution in [0, 0.1) is 0 Å². The molecule has 2 heterocycles. The molecule has 2 amide bonds. The fourth-order valence-corrected chi connectivity index (χ4v) is 2.02. The molecule has 0 spiro atoms. The van der Waals surface area contributed by atoms with Crippen molar-refractivity contribution in [2.45, 2.75) is 6.04 Å². The van der Waals surface area contributed by atoms with Gasteiger partial charge in [-0.15, -0.1) is 0 Å². The van der Waals surface area contributed by atoms with Crippen molar-refractivity contribution in [1.82, 2.24) is 4.98 Å². The van der Waals surface area contributed by atoms with Gasteiger partial charge < -0.3 is 26.8 Å². The largest absolute Gasteiger partial charge is 0.384 e. The summed E-state index contributed by atoms with van der Waals surface area (Å²) in [6, 6.07) is 0.725. The summed E-state index contributed by atoms with van der Waals surface area (Å²) < 4.78 is 5.22. The van der Waals surface area contributed by atoms with Crippen LogP contribution in [0.15, 0.2) is 12.3 Å². The van der Waals surface area contributed by atoms with E-state index in [0.717, 1.165) is 0 Å². The molecule has 19 heavy (non-hydrogen) atoms. The molecule has 102 valence electrons. The van der Waals surface area contributed by atoms with Crippen molar-refractivity contribution in [3.05, 3.63) is 17.8 Å². The maximum absolute atomic E-state index is 11.5. The van der Waals surface area contributed by atoms with E-state index in [1.807, 2.05) is 0 Å². The normalized spacial score (nSPS) is 19.2. The zero-order valence-corrected chi connectivity index (χ0v) is 10.2. The van der Waals surface area contributed by atoms with E-state index in [0.29, 0.717) is 18.8 Å². The minimum absolute atomic E-state index is 0.165. The van der Waals surface area contributed by atoms with E-state index in [1.165, 1.54) is 12.3 Å². The Morgan fingerprint density at radius 3 is 2.79 bits per heavy atom. The highest BCUT2D eigenvalue weighted by Crippen LogP contribution is 2.24. The van der Waals surface area contributed by atoms with E-state index in [4.69, 9.17) is 21.9 Å². The summed E-state index contributed by atoms with van der Waals surface area (Å²) in [4.78, 5) is 28.5. The first-order valence-electron chi connectivity index (χ1n) is 5.69. The smallest absolute Gasteiger partial charge is 0.251 e. The predicted molar refractivity (Wildman–Crippen MR) is 68.3 cm³/mol. The Morgan fingerprint density at radius 2 is 2.16 bits per heavy atom. The van der Waals surface area contributed by atoms with Crippen LogP contribution in [-0.4, -0.2) is 42.6 Å². The molecule has 1 atom stereocenters. The summed E-state index contributed by atoms with van der Waals surface area (Å²) in [7, 11) is 0. The van der Waals surface area contributed by atoms with E-state index in [1.54, 1.807) is 4.90 Å². The van der Waals surface area contributed by atoms with Gasteiger partial charge in [0.05, 0.1) is 30.7 Å². The molecule has 1 aromatic heterocycles. The second-order valence-electron chi connectivity index (χ2n) is 4.18. The molecule has 1 aliphatic heterocycles. The van der Waals surface area contributed by atoms with Crippen LogP contribution in [0.3, 0.4) is 0 Å². The number of ether oxygens (including phenoxy) is 1. The highest BCUT2D eigenvalue weighted by molar-refractivity contribution is 6.00. The van der Waals surface area contributed by atoms with Crippen molar-refractivity contribution in [2.24, 2.45) is 11.5 Å². The molecule has 2 rings (SSSR count). The molecule has 0 saturated carbocycles. The Bertz CT molecular complexity index is 519. The third-order valence-electron chi connectivity index (χ3n) is 2.94. The molecule has 8 heteroatoms. The number of nitrogens with zero attached hydrogens (tertiary/aromatic N) is 2. The first-order chi connectivity index (χ1) is 9.00. The zero-order chi connectivity index (χ0) is 14.0. The molecule has 1 saturated heterocycles. The first-order valence-corrected chi connectivity index (χ1v) is 5.69. The van der Waals surface area contributed by atoms with Gasteiger partial charge in [0.15, 0.2) is 0 Å². The number of anilines is 2. The lowest BCUT2D eigenvalue weighted by molar-refractivity contribution is -0.121. The number of morpholine rings is 1. The number of nitrogen functional groups attached to an aromatic ring is 1. The molecule has 1 aliphatic rings. The molecule has 1 fully saturated rings. The van der Waals surface area contributed by atoms with Gasteiger partial charge in [-0.25, -0.2) is 4.98 Å². The number of aromatic nitrogens is 1. The van der Waals surface area contributed by atoms with E-state index < -0.39 is 17.9 Å². The highest BCUT2D eigenvalue weighted by Gasteiger charge is 2.30. The average molecular weight is 265 g/mol. The van der Waals surface area contributed by atoms with Crippen LogP contribution >= 0.6 is 0 Å². The molecule has 0 radical (unpaired) electrons. The Morgan fingerprint density at radius 1 is 1.42 bits per heavy atom. The lowest BCUT2D eigenvalue weighted by Crippen LogP contribution is -2.53. The molecule has 1 unspecified atom stereocenters. The summed E-state index contributed by atoms with van der Waals surface area (Å²) in [5.74, 6) is -0.993.